The first kappa shape index (κ1) is 25.2. The molecule has 0 saturated carbocycles. The Morgan fingerprint density at radius 2 is 1.77 bits per heavy atom. The number of amides is 1. The first-order chi connectivity index (χ1) is 19.2. The molecule has 3 N–H and O–H groups in total. The largest absolute Gasteiger partial charge is 0.457 e. The van der Waals surface area contributed by atoms with E-state index in [1.54, 1.807) is 0 Å². The van der Waals surface area contributed by atoms with Crippen molar-refractivity contribution < 1.29 is 14.3 Å². The Kier molecular flexibility index (Phi) is 7.35. The van der Waals surface area contributed by atoms with Gasteiger partial charge in [-0.15, -0.1) is 0 Å². The van der Waals surface area contributed by atoms with E-state index in [1.807, 2.05) is 64.2 Å². The molecule has 4 heterocycles. The molecule has 2 aliphatic rings. The highest BCUT2D eigenvalue weighted by Crippen LogP contribution is 2.34. The minimum atomic E-state index is 0.0218. The number of para-hydroxylation sites is 1. The Bertz CT molecular complexity index is 1410. The summed E-state index contributed by atoms with van der Waals surface area (Å²) in [5.41, 5.74) is 8.55. The number of anilines is 1. The molecule has 1 amide bonds. The maximum Gasteiger partial charge on any atom is 0.236 e. The molecule has 0 bridgehead atoms. The Hall–Kier alpha value is -4.06. The van der Waals surface area contributed by atoms with Gasteiger partial charge in [0, 0.05) is 44.8 Å². The monoisotopic (exact) mass is 528 g/mol. The topological polar surface area (TPSA) is 124 Å². The van der Waals surface area contributed by atoms with E-state index < -0.39 is 0 Å². The lowest BCUT2D eigenvalue weighted by Gasteiger charge is -2.39. The van der Waals surface area contributed by atoms with Gasteiger partial charge in [0.2, 0.25) is 5.91 Å². The quantitative estimate of drug-likeness (QED) is 0.315. The first-order valence-corrected chi connectivity index (χ1v) is 13.3. The van der Waals surface area contributed by atoms with Gasteiger partial charge in [-0.25, -0.2) is 14.6 Å². The number of likely N-dealkylation sites (tertiary alicyclic amines) is 1. The predicted octanol–water partition coefficient (Wildman–Crippen LogP) is 2.17. The summed E-state index contributed by atoms with van der Waals surface area (Å²) in [5.74, 6) is 1.97. The Morgan fingerprint density at radius 3 is 2.54 bits per heavy atom. The second kappa shape index (κ2) is 11.4. The van der Waals surface area contributed by atoms with Crippen LogP contribution in [0.1, 0.15) is 6.04 Å². The van der Waals surface area contributed by atoms with Gasteiger partial charge in [0.1, 0.15) is 29.3 Å². The van der Waals surface area contributed by atoms with E-state index >= 15 is 0 Å². The molecule has 2 aromatic heterocycles. The molecule has 0 atom stereocenters. The number of ether oxygens (including phenoxy) is 2. The fourth-order valence-corrected chi connectivity index (χ4v) is 4.94. The lowest BCUT2D eigenvalue weighted by molar-refractivity contribution is -0.136. The molecule has 0 aliphatic carbocycles. The first-order valence-electron chi connectivity index (χ1n) is 13.3. The smallest absolute Gasteiger partial charge is 0.236 e. The van der Waals surface area contributed by atoms with Crippen molar-refractivity contribution >= 4 is 22.8 Å². The van der Waals surface area contributed by atoms with Crippen LogP contribution >= 0.6 is 0 Å². The molecule has 39 heavy (non-hydrogen) atoms. The third-order valence-electron chi connectivity index (χ3n) is 7.17. The predicted molar refractivity (Wildman–Crippen MR) is 147 cm³/mol. The van der Waals surface area contributed by atoms with Gasteiger partial charge in [-0.3, -0.25) is 9.69 Å². The number of nitrogens with one attached hydrogen (secondary N) is 1. The SMILES string of the molecule is Nc1ncnc2c1c(-c1ccc(Oc3ccccc3)cc1)nn2C1CN(C(=O)CNCCN2CCOCC2)C1. The Labute approximate surface area is 226 Å². The number of aromatic nitrogens is 4. The van der Waals surface area contributed by atoms with Crippen molar-refractivity contribution in [2.45, 2.75) is 6.04 Å². The van der Waals surface area contributed by atoms with Gasteiger partial charge in [-0.2, -0.15) is 5.10 Å². The number of hydrogen-bond acceptors (Lipinski definition) is 9. The molecular weight excluding hydrogens is 496 g/mol. The fourth-order valence-electron chi connectivity index (χ4n) is 4.94. The van der Waals surface area contributed by atoms with Crippen molar-refractivity contribution in [1.82, 2.24) is 34.9 Å². The maximum atomic E-state index is 12.7. The average Bonchev–Trinajstić information content (AvgIpc) is 3.32. The molecule has 2 aromatic carbocycles. The van der Waals surface area contributed by atoms with Crippen LogP contribution in [0.5, 0.6) is 11.5 Å². The van der Waals surface area contributed by atoms with Crippen LogP contribution in [0.25, 0.3) is 22.3 Å². The molecule has 2 fully saturated rings. The van der Waals surface area contributed by atoms with Gasteiger partial charge in [-0.05, 0) is 36.4 Å². The summed E-state index contributed by atoms with van der Waals surface area (Å²) in [6.07, 6.45) is 1.45. The number of nitrogens with two attached hydrogens (primary N) is 1. The van der Waals surface area contributed by atoms with Gasteiger partial charge in [-0.1, -0.05) is 18.2 Å². The molecule has 2 aliphatic heterocycles. The van der Waals surface area contributed by atoms with Crippen LogP contribution in [-0.4, -0.2) is 94.5 Å². The van der Waals surface area contributed by atoms with E-state index in [-0.39, 0.29) is 11.9 Å². The minimum absolute atomic E-state index is 0.0218. The molecule has 202 valence electrons. The third kappa shape index (κ3) is 5.56. The molecule has 6 rings (SSSR count). The number of rotatable bonds is 9. The summed E-state index contributed by atoms with van der Waals surface area (Å²) in [4.78, 5) is 25.6. The van der Waals surface area contributed by atoms with Crippen molar-refractivity contribution in [3.63, 3.8) is 0 Å². The summed E-state index contributed by atoms with van der Waals surface area (Å²) in [6.45, 7) is 6.64. The fraction of sp³-hybridized carbons (Fsp3) is 0.357. The van der Waals surface area contributed by atoms with Crippen LogP contribution < -0.4 is 15.8 Å². The van der Waals surface area contributed by atoms with Gasteiger partial charge in [0.05, 0.1) is 31.2 Å². The summed E-state index contributed by atoms with van der Waals surface area (Å²) in [6, 6.07) is 17.4. The van der Waals surface area contributed by atoms with Gasteiger partial charge < -0.3 is 25.4 Å². The molecule has 0 spiro atoms. The van der Waals surface area contributed by atoms with Gasteiger partial charge >= 0.3 is 0 Å². The van der Waals surface area contributed by atoms with Crippen LogP contribution in [0.4, 0.5) is 5.82 Å². The standard InChI is InChI=1S/C28H32N8O3/c29-27-25-26(20-6-8-23(9-7-20)39-22-4-2-1-3-5-22)33-36(28(25)32-19-31-27)21-17-35(18-21)24(37)16-30-10-11-34-12-14-38-15-13-34/h1-9,19,21,30H,10-18H2,(H2,29,31,32). The van der Waals surface area contributed by atoms with Gasteiger partial charge in [0.25, 0.3) is 0 Å². The average molecular weight is 529 g/mol. The van der Waals surface area contributed by atoms with Gasteiger partial charge in [0.15, 0.2) is 5.65 Å². The van der Waals surface area contributed by atoms with Crippen LogP contribution in [0.3, 0.4) is 0 Å². The maximum absolute atomic E-state index is 12.7. The van der Waals surface area contributed by atoms with Crippen LogP contribution in [0.15, 0.2) is 60.9 Å². The number of nitrogens with zero attached hydrogens (tertiary/aromatic N) is 6. The lowest BCUT2D eigenvalue weighted by Crippen LogP contribution is -2.53. The number of benzene rings is 2. The zero-order valence-electron chi connectivity index (χ0n) is 21.7. The summed E-state index contributed by atoms with van der Waals surface area (Å²) < 4.78 is 13.2. The molecular formula is C28H32N8O3. The Morgan fingerprint density at radius 1 is 1.03 bits per heavy atom. The second-order valence-corrected chi connectivity index (χ2v) is 9.77. The molecule has 0 unspecified atom stereocenters. The molecule has 11 nitrogen and oxygen atoms in total. The summed E-state index contributed by atoms with van der Waals surface area (Å²) in [5, 5.41) is 8.89. The van der Waals surface area contributed by atoms with E-state index in [1.165, 1.54) is 6.33 Å². The van der Waals surface area contributed by atoms with Crippen LogP contribution in [0, 0.1) is 0 Å². The van der Waals surface area contributed by atoms with Crippen LogP contribution in [-0.2, 0) is 9.53 Å². The number of carbonyl (C=O) groups is 1. The third-order valence-corrected chi connectivity index (χ3v) is 7.17. The number of nitrogen functional groups attached to an aromatic ring is 1. The zero-order chi connectivity index (χ0) is 26.6. The van der Waals surface area contributed by atoms with E-state index in [2.05, 4.69) is 20.2 Å². The zero-order valence-corrected chi connectivity index (χ0v) is 21.7. The molecule has 11 heteroatoms. The second-order valence-electron chi connectivity index (χ2n) is 9.77. The molecule has 2 saturated heterocycles. The highest BCUT2D eigenvalue weighted by Gasteiger charge is 2.34. The number of fused-ring (bicyclic) bond motifs is 1. The van der Waals surface area contributed by atoms with E-state index in [4.69, 9.17) is 20.3 Å². The number of morpholine rings is 1. The van der Waals surface area contributed by atoms with E-state index in [0.717, 1.165) is 56.5 Å². The number of carbonyl (C=O) groups excluding carboxylic acids is 1. The summed E-state index contributed by atoms with van der Waals surface area (Å²) in [7, 11) is 0. The minimum Gasteiger partial charge on any atom is -0.457 e. The normalized spacial score (nSPS) is 16.4. The van der Waals surface area contributed by atoms with Crippen LogP contribution in [0.2, 0.25) is 0 Å². The molecule has 4 aromatic rings. The van der Waals surface area contributed by atoms with Crippen molar-refractivity contribution in [2.75, 3.05) is 64.8 Å². The highest BCUT2D eigenvalue weighted by molar-refractivity contribution is 5.98. The molecule has 0 radical (unpaired) electrons. The number of hydrogen-bond donors (Lipinski definition) is 2. The van der Waals surface area contributed by atoms with Crippen molar-refractivity contribution in [2.24, 2.45) is 0 Å². The lowest BCUT2D eigenvalue weighted by atomic mass is 10.1. The van der Waals surface area contributed by atoms with Crippen molar-refractivity contribution in [3.05, 3.63) is 60.9 Å². The van der Waals surface area contributed by atoms with Crippen molar-refractivity contribution in [3.8, 4) is 22.8 Å². The van der Waals surface area contributed by atoms with E-state index in [0.29, 0.717) is 42.2 Å². The van der Waals surface area contributed by atoms with E-state index in [9.17, 15) is 4.79 Å². The van der Waals surface area contributed by atoms with Crippen molar-refractivity contribution in [1.29, 1.82) is 0 Å². The summed E-state index contributed by atoms with van der Waals surface area (Å²) >= 11 is 0. The highest BCUT2D eigenvalue weighted by atomic mass is 16.5. The Balaban J connectivity index is 1.10.